The summed E-state index contributed by atoms with van der Waals surface area (Å²) < 4.78 is 5.41. The highest BCUT2D eigenvalue weighted by Crippen LogP contribution is 2.48. The minimum atomic E-state index is -0.560. The minimum absolute atomic E-state index is 0.0215. The van der Waals surface area contributed by atoms with Crippen molar-refractivity contribution < 1.29 is 14.5 Å². The Morgan fingerprint density at radius 1 is 1.16 bits per heavy atom. The summed E-state index contributed by atoms with van der Waals surface area (Å²) in [5, 5.41) is 14.6. The number of fused-ring (bicyclic) bond motifs is 1. The van der Waals surface area contributed by atoms with Gasteiger partial charge in [-0.05, 0) is 35.1 Å². The summed E-state index contributed by atoms with van der Waals surface area (Å²) in [5.74, 6) is 1.01. The van der Waals surface area contributed by atoms with Gasteiger partial charge >= 0.3 is 0 Å². The SMILES string of the molecule is COc1cccc(C2C3=C(CC(C)(C)CC3=O)Nc3nc(SCc4ccc([N+](=O)[O-])cc4)[nH]c(=O)c32)c1. The van der Waals surface area contributed by atoms with Crippen molar-refractivity contribution in [2.45, 2.75) is 43.5 Å². The molecule has 1 unspecified atom stereocenters. The highest BCUT2D eigenvalue weighted by Gasteiger charge is 2.42. The van der Waals surface area contributed by atoms with E-state index in [1.165, 1.54) is 23.9 Å². The quantitative estimate of drug-likeness (QED) is 0.198. The van der Waals surface area contributed by atoms with E-state index in [-0.39, 0.29) is 22.4 Å². The lowest BCUT2D eigenvalue weighted by molar-refractivity contribution is -0.384. The number of benzene rings is 2. The maximum Gasteiger partial charge on any atom is 0.269 e. The first-order valence-corrected chi connectivity index (χ1v) is 12.8. The Labute approximate surface area is 217 Å². The predicted molar refractivity (Wildman–Crippen MR) is 141 cm³/mol. The number of thioether (sulfide) groups is 1. The zero-order valence-electron chi connectivity index (χ0n) is 20.7. The van der Waals surface area contributed by atoms with Crippen molar-refractivity contribution >= 4 is 29.1 Å². The molecule has 2 heterocycles. The Bertz CT molecular complexity index is 1490. The highest BCUT2D eigenvalue weighted by atomic mass is 32.2. The molecule has 10 heteroatoms. The minimum Gasteiger partial charge on any atom is -0.497 e. The number of nitrogens with one attached hydrogen (secondary N) is 2. The van der Waals surface area contributed by atoms with Crippen LogP contribution in [0.1, 0.15) is 49.3 Å². The Morgan fingerprint density at radius 3 is 2.62 bits per heavy atom. The molecule has 0 saturated heterocycles. The van der Waals surface area contributed by atoms with Crippen molar-refractivity contribution in [2.24, 2.45) is 5.41 Å². The Balaban J connectivity index is 1.54. The number of hydrogen-bond acceptors (Lipinski definition) is 8. The van der Waals surface area contributed by atoms with E-state index < -0.39 is 10.8 Å². The number of H-pyrrole nitrogens is 1. The molecule has 9 nitrogen and oxygen atoms in total. The molecule has 1 aliphatic carbocycles. The zero-order valence-corrected chi connectivity index (χ0v) is 21.5. The number of Topliss-reactive ketones (excluding diaryl/α,β-unsaturated/α-hetero) is 1. The number of nitro benzene ring substituents is 1. The number of aromatic amines is 1. The molecular weight excluding hydrogens is 492 g/mol. The molecule has 1 aliphatic heterocycles. The van der Waals surface area contributed by atoms with Gasteiger partial charge in [-0.1, -0.05) is 49.9 Å². The largest absolute Gasteiger partial charge is 0.497 e. The Kier molecular flexibility index (Phi) is 6.36. The number of nitrogens with zero attached hydrogens (tertiary/aromatic N) is 2. The van der Waals surface area contributed by atoms with Crippen LogP contribution in [-0.4, -0.2) is 27.8 Å². The van der Waals surface area contributed by atoms with Gasteiger partial charge in [-0.2, -0.15) is 0 Å². The fourth-order valence-corrected chi connectivity index (χ4v) is 5.80. The number of allylic oxidation sites excluding steroid dienone is 2. The van der Waals surface area contributed by atoms with Gasteiger partial charge in [-0.3, -0.25) is 19.7 Å². The number of anilines is 1. The van der Waals surface area contributed by atoms with Gasteiger partial charge in [0.05, 0.1) is 17.6 Å². The molecule has 2 N–H and O–H groups in total. The number of carbonyl (C=O) groups excluding carboxylic acids is 1. The van der Waals surface area contributed by atoms with Crippen molar-refractivity contribution in [2.75, 3.05) is 12.4 Å². The standard InChI is InChI=1S/C27H26N4O5S/c1-27(2)12-19-22(20(32)13-27)21(16-5-4-6-18(11-16)36-3)23-24(28-19)29-26(30-25(23)33)37-14-15-7-9-17(10-8-15)31(34)35/h4-11,21H,12-14H2,1-3H3,(H2,28,29,30,33). The van der Waals surface area contributed by atoms with Crippen LogP contribution in [0.2, 0.25) is 0 Å². The fourth-order valence-electron chi connectivity index (χ4n) is 4.98. The number of nitro groups is 1. The number of ether oxygens (including phenoxy) is 1. The molecule has 37 heavy (non-hydrogen) atoms. The van der Waals surface area contributed by atoms with Crippen LogP contribution >= 0.6 is 11.8 Å². The molecule has 1 aromatic heterocycles. The van der Waals surface area contributed by atoms with Crippen LogP contribution in [0, 0.1) is 15.5 Å². The average Bonchev–Trinajstić information content (AvgIpc) is 2.85. The van der Waals surface area contributed by atoms with Crippen molar-refractivity contribution in [1.82, 2.24) is 9.97 Å². The summed E-state index contributed by atoms with van der Waals surface area (Å²) in [5.41, 5.74) is 2.96. The average molecular weight is 519 g/mol. The van der Waals surface area contributed by atoms with E-state index in [1.807, 2.05) is 24.3 Å². The lowest BCUT2D eigenvalue weighted by Crippen LogP contribution is -2.37. The van der Waals surface area contributed by atoms with Gasteiger partial charge < -0.3 is 15.0 Å². The van der Waals surface area contributed by atoms with Crippen LogP contribution < -0.4 is 15.6 Å². The summed E-state index contributed by atoms with van der Waals surface area (Å²) in [4.78, 5) is 44.9. The topological polar surface area (TPSA) is 127 Å². The normalized spacial score (nSPS) is 18.0. The van der Waals surface area contributed by atoms with E-state index in [1.54, 1.807) is 19.2 Å². The number of non-ortho nitro benzene ring substituents is 1. The number of ketones is 1. The van der Waals surface area contributed by atoms with Gasteiger partial charge in [-0.15, -0.1) is 0 Å². The maximum atomic E-state index is 13.5. The van der Waals surface area contributed by atoms with Gasteiger partial charge in [0.15, 0.2) is 10.9 Å². The monoisotopic (exact) mass is 518 g/mol. The van der Waals surface area contributed by atoms with Crippen LogP contribution in [0.3, 0.4) is 0 Å². The molecule has 0 amide bonds. The molecule has 5 rings (SSSR count). The summed E-state index contributed by atoms with van der Waals surface area (Å²) in [6, 6.07) is 13.7. The second-order valence-electron chi connectivity index (χ2n) is 10.0. The first-order valence-electron chi connectivity index (χ1n) is 11.8. The van der Waals surface area contributed by atoms with Gasteiger partial charge in [0.25, 0.3) is 11.2 Å². The van der Waals surface area contributed by atoms with E-state index in [2.05, 4.69) is 24.1 Å². The van der Waals surface area contributed by atoms with E-state index in [0.29, 0.717) is 46.5 Å². The molecule has 3 aromatic rings. The Hall–Kier alpha value is -3.92. The number of carbonyl (C=O) groups is 1. The van der Waals surface area contributed by atoms with Crippen molar-refractivity contribution in [1.29, 1.82) is 0 Å². The Morgan fingerprint density at radius 2 is 1.92 bits per heavy atom. The van der Waals surface area contributed by atoms with Gasteiger partial charge in [-0.25, -0.2) is 4.98 Å². The molecule has 2 aromatic carbocycles. The van der Waals surface area contributed by atoms with Crippen molar-refractivity contribution in [3.63, 3.8) is 0 Å². The third kappa shape index (κ3) is 4.89. The van der Waals surface area contributed by atoms with Crippen molar-refractivity contribution in [3.05, 3.63) is 97.0 Å². The van der Waals surface area contributed by atoms with Crippen LogP contribution in [0.15, 0.2) is 69.8 Å². The number of rotatable bonds is 6. The van der Waals surface area contributed by atoms with Crippen LogP contribution in [0.25, 0.3) is 0 Å². The molecule has 0 radical (unpaired) electrons. The smallest absolute Gasteiger partial charge is 0.269 e. The maximum absolute atomic E-state index is 13.5. The lowest BCUT2D eigenvalue weighted by Gasteiger charge is -2.38. The summed E-state index contributed by atoms with van der Waals surface area (Å²) in [6.45, 7) is 4.12. The summed E-state index contributed by atoms with van der Waals surface area (Å²) in [6.07, 6.45) is 1.06. The van der Waals surface area contributed by atoms with E-state index >= 15 is 0 Å². The zero-order chi connectivity index (χ0) is 26.3. The molecular formula is C27H26N4O5S. The third-order valence-corrected chi connectivity index (χ3v) is 7.59. The van der Waals surface area contributed by atoms with Crippen LogP contribution in [0.5, 0.6) is 5.75 Å². The van der Waals surface area contributed by atoms with Crippen LogP contribution in [-0.2, 0) is 10.5 Å². The molecule has 0 bridgehead atoms. The molecule has 1 atom stereocenters. The number of methoxy groups -OCH3 is 1. The summed E-state index contributed by atoms with van der Waals surface area (Å²) >= 11 is 1.33. The van der Waals surface area contributed by atoms with Crippen molar-refractivity contribution in [3.8, 4) is 5.75 Å². The molecule has 190 valence electrons. The number of hydrogen-bond donors (Lipinski definition) is 2. The van der Waals surface area contributed by atoms with Gasteiger partial charge in [0, 0.05) is 41.5 Å². The molecule has 0 fully saturated rings. The summed E-state index contributed by atoms with van der Waals surface area (Å²) in [7, 11) is 1.58. The molecule has 0 spiro atoms. The molecule has 0 saturated carbocycles. The van der Waals surface area contributed by atoms with Crippen LogP contribution in [0.4, 0.5) is 11.5 Å². The van der Waals surface area contributed by atoms with E-state index in [9.17, 15) is 19.7 Å². The van der Waals surface area contributed by atoms with Gasteiger partial charge in [0.1, 0.15) is 11.6 Å². The second kappa shape index (κ2) is 9.51. The first kappa shape index (κ1) is 24.8. The van der Waals surface area contributed by atoms with E-state index in [0.717, 1.165) is 16.8 Å². The fraction of sp³-hybridized carbons (Fsp3) is 0.296. The predicted octanol–water partition coefficient (Wildman–Crippen LogP) is 5.18. The highest BCUT2D eigenvalue weighted by molar-refractivity contribution is 7.98. The first-order chi connectivity index (χ1) is 17.6. The second-order valence-corrected chi connectivity index (χ2v) is 11.0. The lowest BCUT2D eigenvalue weighted by atomic mass is 9.69. The van der Waals surface area contributed by atoms with Gasteiger partial charge in [0.2, 0.25) is 0 Å². The molecule has 2 aliphatic rings. The third-order valence-electron chi connectivity index (χ3n) is 6.65. The number of aromatic nitrogens is 2. The van der Waals surface area contributed by atoms with E-state index in [4.69, 9.17) is 9.72 Å².